The Hall–Kier alpha value is -0.700. The topological polar surface area (TPSA) is 17.1 Å². The Bertz CT molecular complexity index is 365. The molecule has 0 amide bonds. The van der Waals surface area contributed by atoms with Gasteiger partial charge < -0.3 is 0 Å². The van der Waals surface area contributed by atoms with Gasteiger partial charge in [-0.05, 0) is 24.6 Å². The van der Waals surface area contributed by atoms with Gasteiger partial charge in [0, 0.05) is 10.6 Å². The maximum Gasteiger partial charge on any atom is 0.124 e. The van der Waals surface area contributed by atoms with Crippen LogP contribution in [0, 0.1) is 5.82 Å². The first-order valence-corrected chi connectivity index (χ1v) is 8.20. The molecule has 1 rings (SSSR count). The van der Waals surface area contributed by atoms with Crippen molar-refractivity contribution in [1.82, 2.24) is 0 Å². The zero-order chi connectivity index (χ0) is 13.2. The molecule has 0 aromatic heterocycles. The van der Waals surface area contributed by atoms with Crippen molar-refractivity contribution in [3.63, 3.8) is 0 Å². The van der Waals surface area contributed by atoms with Gasteiger partial charge in [-0.3, -0.25) is 4.21 Å². The van der Waals surface area contributed by atoms with E-state index in [1.54, 1.807) is 12.1 Å². The average Bonchev–Trinajstić information content (AvgIpc) is 2.37. The van der Waals surface area contributed by atoms with E-state index in [9.17, 15) is 8.60 Å². The number of benzene rings is 1. The van der Waals surface area contributed by atoms with Crippen molar-refractivity contribution in [2.75, 3.05) is 5.75 Å². The molecule has 0 saturated heterocycles. The van der Waals surface area contributed by atoms with E-state index in [2.05, 4.69) is 6.92 Å². The quantitative estimate of drug-likeness (QED) is 0.595. The standard InChI is InChI=1S/C15H23FOS/c1-2-3-4-5-6-7-8-12-18(17)15-11-9-10-14(16)13-15/h9-11,13H,2-8,12H2,1H3. The van der Waals surface area contributed by atoms with Crippen LogP contribution in [0.25, 0.3) is 0 Å². The molecule has 0 spiro atoms. The average molecular weight is 270 g/mol. The predicted octanol–water partition coefficient (Wildman–Crippen LogP) is 4.68. The van der Waals surface area contributed by atoms with E-state index in [1.165, 1.54) is 44.2 Å². The number of hydrogen-bond acceptors (Lipinski definition) is 1. The maximum absolute atomic E-state index is 13.0. The fourth-order valence-electron chi connectivity index (χ4n) is 1.92. The lowest BCUT2D eigenvalue weighted by Gasteiger charge is -2.03. The van der Waals surface area contributed by atoms with Gasteiger partial charge in [0.2, 0.25) is 0 Å². The summed E-state index contributed by atoms with van der Waals surface area (Å²) in [6, 6.07) is 6.11. The van der Waals surface area contributed by atoms with Crippen molar-refractivity contribution in [1.29, 1.82) is 0 Å². The summed E-state index contributed by atoms with van der Waals surface area (Å²) in [7, 11) is -1.04. The van der Waals surface area contributed by atoms with Crippen LogP contribution in [0.4, 0.5) is 4.39 Å². The number of unbranched alkanes of at least 4 members (excludes halogenated alkanes) is 6. The molecule has 0 aliphatic carbocycles. The van der Waals surface area contributed by atoms with Crippen molar-refractivity contribution < 1.29 is 8.60 Å². The third-order valence-electron chi connectivity index (χ3n) is 2.99. The molecule has 1 nitrogen and oxygen atoms in total. The van der Waals surface area contributed by atoms with Crippen LogP contribution in [-0.2, 0) is 10.8 Å². The van der Waals surface area contributed by atoms with Gasteiger partial charge in [0.25, 0.3) is 0 Å². The van der Waals surface area contributed by atoms with E-state index in [1.807, 2.05) is 0 Å². The maximum atomic E-state index is 13.0. The Morgan fingerprint density at radius 3 is 2.39 bits per heavy atom. The van der Waals surface area contributed by atoms with Gasteiger partial charge in [0.05, 0.1) is 10.8 Å². The lowest BCUT2D eigenvalue weighted by atomic mass is 10.1. The summed E-state index contributed by atoms with van der Waals surface area (Å²) in [5, 5.41) is 0. The molecular weight excluding hydrogens is 247 g/mol. The van der Waals surface area contributed by atoms with Crippen LogP contribution in [0.5, 0.6) is 0 Å². The Balaban J connectivity index is 2.14. The molecule has 0 aliphatic heterocycles. The fraction of sp³-hybridized carbons (Fsp3) is 0.600. The van der Waals surface area contributed by atoms with E-state index in [0.29, 0.717) is 10.6 Å². The molecule has 0 heterocycles. The molecule has 0 N–H and O–H groups in total. The molecular formula is C15H23FOS. The highest BCUT2D eigenvalue weighted by molar-refractivity contribution is 7.85. The second kappa shape index (κ2) is 9.26. The molecule has 18 heavy (non-hydrogen) atoms. The van der Waals surface area contributed by atoms with E-state index >= 15 is 0 Å². The Labute approximate surface area is 112 Å². The van der Waals surface area contributed by atoms with E-state index in [4.69, 9.17) is 0 Å². The van der Waals surface area contributed by atoms with Crippen LogP contribution >= 0.6 is 0 Å². The predicted molar refractivity (Wildman–Crippen MR) is 75.7 cm³/mol. The van der Waals surface area contributed by atoms with Gasteiger partial charge in [0.1, 0.15) is 5.82 Å². The van der Waals surface area contributed by atoms with Gasteiger partial charge in [-0.1, -0.05) is 51.5 Å². The molecule has 1 aromatic carbocycles. The number of rotatable bonds is 9. The summed E-state index contributed by atoms with van der Waals surface area (Å²) in [5.41, 5.74) is 0. The van der Waals surface area contributed by atoms with Crippen molar-refractivity contribution >= 4 is 10.8 Å². The molecule has 0 aliphatic rings. The molecule has 1 unspecified atom stereocenters. The number of hydrogen-bond donors (Lipinski definition) is 0. The summed E-state index contributed by atoms with van der Waals surface area (Å²) in [5.74, 6) is 0.345. The third-order valence-corrected chi connectivity index (χ3v) is 4.43. The monoisotopic (exact) mass is 270 g/mol. The smallest absolute Gasteiger partial charge is 0.124 e. The lowest BCUT2D eigenvalue weighted by molar-refractivity contribution is 0.600. The molecule has 0 fully saturated rings. The molecule has 102 valence electrons. The first-order chi connectivity index (χ1) is 8.74. The minimum absolute atomic E-state index is 0.305. The molecule has 0 saturated carbocycles. The number of halogens is 1. The van der Waals surface area contributed by atoms with Crippen molar-refractivity contribution in [3.05, 3.63) is 30.1 Å². The van der Waals surface area contributed by atoms with Crippen molar-refractivity contribution in [3.8, 4) is 0 Å². The summed E-state index contributed by atoms with van der Waals surface area (Å²) in [6.45, 7) is 2.21. The highest BCUT2D eigenvalue weighted by atomic mass is 32.2. The van der Waals surface area contributed by atoms with Gasteiger partial charge in [-0.2, -0.15) is 0 Å². The van der Waals surface area contributed by atoms with Crippen LogP contribution in [0.3, 0.4) is 0 Å². The minimum atomic E-state index is -1.04. The molecule has 1 atom stereocenters. The van der Waals surface area contributed by atoms with Crippen molar-refractivity contribution in [2.24, 2.45) is 0 Å². The summed E-state index contributed by atoms with van der Waals surface area (Å²) < 4.78 is 24.8. The first kappa shape index (κ1) is 15.4. The van der Waals surface area contributed by atoms with Crippen LogP contribution in [-0.4, -0.2) is 9.96 Å². The van der Waals surface area contributed by atoms with Crippen molar-refractivity contribution in [2.45, 2.75) is 56.8 Å². The molecule has 0 bridgehead atoms. The fourth-order valence-corrected chi connectivity index (χ4v) is 3.09. The van der Waals surface area contributed by atoms with Crippen LogP contribution in [0.2, 0.25) is 0 Å². The SMILES string of the molecule is CCCCCCCCCS(=O)c1cccc(F)c1. The zero-order valence-electron chi connectivity index (χ0n) is 11.2. The summed E-state index contributed by atoms with van der Waals surface area (Å²) in [4.78, 5) is 0.612. The molecule has 3 heteroatoms. The van der Waals surface area contributed by atoms with Crippen LogP contribution in [0.15, 0.2) is 29.2 Å². The second-order valence-corrected chi connectivity index (χ2v) is 6.20. The highest BCUT2D eigenvalue weighted by Gasteiger charge is 2.04. The third kappa shape index (κ3) is 6.29. The second-order valence-electron chi connectivity index (χ2n) is 4.63. The Morgan fingerprint density at radius 2 is 1.72 bits per heavy atom. The van der Waals surface area contributed by atoms with E-state index in [-0.39, 0.29) is 5.82 Å². The summed E-state index contributed by atoms with van der Waals surface area (Å²) >= 11 is 0. The lowest BCUT2D eigenvalue weighted by Crippen LogP contribution is -1.98. The Kier molecular flexibility index (Phi) is 7.90. The first-order valence-electron chi connectivity index (χ1n) is 6.88. The highest BCUT2D eigenvalue weighted by Crippen LogP contribution is 2.12. The van der Waals surface area contributed by atoms with Crippen LogP contribution < -0.4 is 0 Å². The van der Waals surface area contributed by atoms with E-state index in [0.717, 1.165) is 12.8 Å². The van der Waals surface area contributed by atoms with Gasteiger partial charge in [0.15, 0.2) is 0 Å². The largest absolute Gasteiger partial charge is 0.254 e. The zero-order valence-corrected chi connectivity index (χ0v) is 12.0. The molecule has 0 radical (unpaired) electrons. The normalized spacial score (nSPS) is 12.6. The summed E-state index contributed by atoms with van der Waals surface area (Å²) in [6.07, 6.45) is 8.49. The van der Waals surface area contributed by atoms with E-state index < -0.39 is 10.8 Å². The minimum Gasteiger partial charge on any atom is -0.254 e. The Morgan fingerprint density at radius 1 is 1.06 bits per heavy atom. The van der Waals surface area contributed by atoms with Crippen LogP contribution in [0.1, 0.15) is 51.9 Å². The van der Waals surface area contributed by atoms with Gasteiger partial charge >= 0.3 is 0 Å². The van der Waals surface area contributed by atoms with Gasteiger partial charge in [-0.15, -0.1) is 0 Å². The molecule has 1 aromatic rings. The van der Waals surface area contributed by atoms with Gasteiger partial charge in [-0.25, -0.2) is 4.39 Å².